The second-order valence-electron chi connectivity index (χ2n) is 7.48. The first-order valence-corrected chi connectivity index (χ1v) is 10.9. The fourth-order valence-corrected chi connectivity index (χ4v) is 4.80. The first-order valence-electron chi connectivity index (χ1n) is 10.0. The third kappa shape index (κ3) is 4.34. The number of methoxy groups -OCH3 is 1. The Labute approximate surface area is 175 Å². The van der Waals surface area contributed by atoms with Crippen molar-refractivity contribution in [3.05, 3.63) is 57.5 Å². The molecule has 1 aliphatic rings. The molecule has 1 atom stereocenters. The number of nitrogens with zero attached hydrogens (tertiary/aromatic N) is 6. The van der Waals surface area contributed by atoms with Gasteiger partial charge in [0, 0.05) is 43.9 Å². The van der Waals surface area contributed by atoms with E-state index in [0.717, 1.165) is 32.0 Å². The van der Waals surface area contributed by atoms with Crippen LogP contribution >= 0.6 is 11.3 Å². The van der Waals surface area contributed by atoms with E-state index in [-0.39, 0.29) is 6.04 Å². The molecule has 0 spiro atoms. The van der Waals surface area contributed by atoms with Gasteiger partial charge in [-0.3, -0.25) is 4.90 Å². The standard InChI is InChI=1S/C21H28N6OS/c1-16-6-7-17(2)18(15-16)25-8-10-26(11-9-25)20(19-5-4-14-29-19)21-22-23-24-27(21)12-13-28-3/h4-7,14-15,20H,8-13H2,1-3H3/t20-/m0/s1. The molecule has 154 valence electrons. The number of rotatable bonds is 7. The second-order valence-corrected chi connectivity index (χ2v) is 8.46. The van der Waals surface area contributed by atoms with Crippen LogP contribution in [0.3, 0.4) is 0 Å². The lowest BCUT2D eigenvalue weighted by Gasteiger charge is -2.40. The van der Waals surface area contributed by atoms with Gasteiger partial charge in [-0.15, -0.1) is 16.4 Å². The summed E-state index contributed by atoms with van der Waals surface area (Å²) in [6.45, 7) is 9.52. The zero-order valence-corrected chi connectivity index (χ0v) is 18.1. The monoisotopic (exact) mass is 412 g/mol. The number of hydrogen-bond acceptors (Lipinski definition) is 7. The van der Waals surface area contributed by atoms with Crippen molar-refractivity contribution in [2.24, 2.45) is 0 Å². The molecule has 0 N–H and O–H groups in total. The van der Waals surface area contributed by atoms with Crippen LogP contribution in [0.15, 0.2) is 35.7 Å². The van der Waals surface area contributed by atoms with Crippen molar-refractivity contribution in [3.8, 4) is 0 Å². The Bertz CT molecular complexity index is 917. The molecule has 0 unspecified atom stereocenters. The van der Waals surface area contributed by atoms with Crippen molar-refractivity contribution in [1.82, 2.24) is 25.1 Å². The van der Waals surface area contributed by atoms with Crippen LogP contribution in [0.1, 0.15) is 27.9 Å². The van der Waals surface area contributed by atoms with Gasteiger partial charge >= 0.3 is 0 Å². The Morgan fingerprint density at radius 1 is 1.14 bits per heavy atom. The summed E-state index contributed by atoms with van der Waals surface area (Å²) in [7, 11) is 1.70. The lowest BCUT2D eigenvalue weighted by atomic mass is 10.1. The second kappa shape index (κ2) is 9.02. The molecule has 0 aliphatic carbocycles. The maximum absolute atomic E-state index is 5.24. The van der Waals surface area contributed by atoms with Crippen molar-refractivity contribution in [1.29, 1.82) is 0 Å². The lowest BCUT2D eigenvalue weighted by molar-refractivity contribution is 0.172. The molecule has 4 rings (SSSR count). The van der Waals surface area contributed by atoms with Gasteiger partial charge in [0.05, 0.1) is 13.2 Å². The van der Waals surface area contributed by atoms with Gasteiger partial charge in [0.1, 0.15) is 6.04 Å². The van der Waals surface area contributed by atoms with Gasteiger partial charge < -0.3 is 9.64 Å². The Kier molecular flexibility index (Phi) is 6.22. The van der Waals surface area contributed by atoms with Crippen LogP contribution < -0.4 is 4.90 Å². The number of aryl methyl sites for hydroxylation is 2. The summed E-state index contributed by atoms with van der Waals surface area (Å²) in [6, 6.07) is 11.1. The highest BCUT2D eigenvalue weighted by atomic mass is 32.1. The number of aromatic nitrogens is 4. The quantitative estimate of drug-likeness (QED) is 0.595. The van der Waals surface area contributed by atoms with Gasteiger partial charge in [0.15, 0.2) is 5.82 Å². The average molecular weight is 413 g/mol. The van der Waals surface area contributed by atoms with E-state index in [1.807, 2.05) is 4.68 Å². The zero-order valence-electron chi connectivity index (χ0n) is 17.3. The molecule has 0 bridgehead atoms. The minimum absolute atomic E-state index is 0.0719. The molecule has 3 heterocycles. The zero-order chi connectivity index (χ0) is 20.2. The Balaban J connectivity index is 1.55. The molecular weight excluding hydrogens is 384 g/mol. The van der Waals surface area contributed by atoms with E-state index in [1.165, 1.54) is 21.7 Å². The van der Waals surface area contributed by atoms with Crippen LogP contribution in [0.2, 0.25) is 0 Å². The van der Waals surface area contributed by atoms with E-state index in [2.05, 4.69) is 74.9 Å². The van der Waals surface area contributed by atoms with Crippen LogP contribution in [0, 0.1) is 13.8 Å². The summed E-state index contributed by atoms with van der Waals surface area (Å²) in [6.07, 6.45) is 0. The average Bonchev–Trinajstić information content (AvgIpc) is 3.42. The van der Waals surface area contributed by atoms with E-state index < -0.39 is 0 Å². The molecular formula is C21H28N6OS. The Morgan fingerprint density at radius 2 is 1.97 bits per heavy atom. The van der Waals surface area contributed by atoms with Crippen molar-refractivity contribution in [2.45, 2.75) is 26.4 Å². The highest BCUT2D eigenvalue weighted by Gasteiger charge is 2.31. The summed E-state index contributed by atoms with van der Waals surface area (Å²) in [5.74, 6) is 0.893. The molecule has 0 saturated carbocycles. The normalized spacial score (nSPS) is 16.3. The third-order valence-electron chi connectivity index (χ3n) is 5.51. The molecule has 1 fully saturated rings. The van der Waals surface area contributed by atoms with Crippen LogP contribution in [-0.2, 0) is 11.3 Å². The summed E-state index contributed by atoms with van der Waals surface area (Å²) in [5.41, 5.74) is 3.99. The minimum Gasteiger partial charge on any atom is -0.383 e. The number of thiophene rings is 1. The lowest BCUT2D eigenvalue weighted by Crippen LogP contribution is -2.48. The minimum atomic E-state index is 0.0719. The third-order valence-corrected chi connectivity index (χ3v) is 6.43. The van der Waals surface area contributed by atoms with Crippen molar-refractivity contribution >= 4 is 17.0 Å². The van der Waals surface area contributed by atoms with Gasteiger partial charge in [-0.1, -0.05) is 18.2 Å². The molecule has 2 aromatic heterocycles. The Morgan fingerprint density at radius 3 is 2.69 bits per heavy atom. The van der Waals surface area contributed by atoms with Gasteiger partial charge in [-0.05, 0) is 52.9 Å². The predicted molar refractivity (Wildman–Crippen MR) is 116 cm³/mol. The maximum atomic E-state index is 5.24. The number of ether oxygens (including phenoxy) is 1. The van der Waals surface area contributed by atoms with Gasteiger partial charge in [0.25, 0.3) is 0 Å². The smallest absolute Gasteiger partial charge is 0.173 e. The van der Waals surface area contributed by atoms with Crippen molar-refractivity contribution in [3.63, 3.8) is 0 Å². The number of anilines is 1. The van der Waals surface area contributed by atoms with Gasteiger partial charge in [-0.25, -0.2) is 4.68 Å². The summed E-state index contributed by atoms with van der Waals surface area (Å²) >= 11 is 1.76. The molecule has 8 heteroatoms. The van der Waals surface area contributed by atoms with E-state index in [0.29, 0.717) is 13.2 Å². The number of benzene rings is 1. The van der Waals surface area contributed by atoms with Gasteiger partial charge in [0.2, 0.25) is 0 Å². The molecule has 29 heavy (non-hydrogen) atoms. The van der Waals surface area contributed by atoms with Crippen LogP contribution in [-0.4, -0.2) is 65.0 Å². The summed E-state index contributed by atoms with van der Waals surface area (Å²) in [5, 5.41) is 14.7. The first-order chi connectivity index (χ1) is 14.2. The Hall–Kier alpha value is -2.29. The fraction of sp³-hybridized carbons (Fsp3) is 0.476. The highest BCUT2D eigenvalue weighted by Crippen LogP contribution is 2.32. The number of hydrogen-bond donors (Lipinski definition) is 0. The van der Waals surface area contributed by atoms with Crippen LogP contribution in [0.4, 0.5) is 5.69 Å². The number of tetrazole rings is 1. The summed E-state index contributed by atoms with van der Waals surface area (Å²) in [4.78, 5) is 6.28. The molecule has 1 aliphatic heterocycles. The molecule has 0 amide bonds. The molecule has 7 nitrogen and oxygen atoms in total. The highest BCUT2D eigenvalue weighted by molar-refractivity contribution is 7.10. The van der Waals surface area contributed by atoms with Gasteiger partial charge in [-0.2, -0.15) is 0 Å². The predicted octanol–water partition coefficient (Wildman–Crippen LogP) is 2.91. The molecule has 1 saturated heterocycles. The van der Waals surface area contributed by atoms with E-state index >= 15 is 0 Å². The first kappa shape index (κ1) is 20.0. The van der Waals surface area contributed by atoms with Crippen molar-refractivity contribution < 1.29 is 4.74 Å². The maximum Gasteiger partial charge on any atom is 0.173 e. The van der Waals surface area contributed by atoms with Crippen molar-refractivity contribution in [2.75, 3.05) is 44.8 Å². The van der Waals surface area contributed by atoms with E-state index in [4.69, 9.17) is 4.74 Å². The molecule has 3 aromatic rings. The summed E-state index contributed by atoms with van der Waals surface area (Å²) < 4.78 is 7.12. The fourth-order valence-electron chi connectivity index (χ4n) is 3.94. The van der Waals surface area contributed by atoms with Crippen LogP contribution in [0.25, 0.3) is 0 Å². The van der Waals surface area contributed by atoms with E-state index in [1.54, 1.807) is 18.4 Å². The SMILES string of the molecule is COCCn1nnnc1[C@H](c1cccs1)N1CCN(c2cc(C)ccc2C)CC1. The molecule has 1 aromatic carbocycles. The largest absolute Gasteiger partial charge is 0.383 e. The van der Waals surface area contributed by atoms with E-state index in [9.17, 15) is 0 Å². The molecule has 0 radical (unpaired) electrons. The van der Waals surface area contributed by atoms with Crippen LogP contribution in [0.5, 0.6) is 0 Å². The topological polar surface area (TPSA) is 59.3 Å². The number of piperazine rings is 1.